The Morgan fingerprint density at radius 2 is 2.21 bits per heavy atom. The Hall–Kier alpha value is -0.780. The maximum atomic E-state index is 6.29. The highest BCUT2D eigenvalue weighted by molar-refractivity contribution is 7.12. The molecule has 0 radical (unpaired) electrons. The second-order valence-electron chi connectivity index (χ2n) is 6.10. The molecule has 0 bridgehead atoms. The van der Waals surface area contributed by atoms with E-state index in [0.717, 1.165) is 35.0 Å². The normalized spacial score (nSPS) is 21.4. The van der Waals surface area contributed by atoms with Crippen LogP contribution in [0.4, 0.5) is 0 Å². The number of nitrogens with two attached hydrogens (primary N) is 1. The zero-order valence-electron chi connectivity index (χ0n) is 11.6. The number of fused-ring (bicyclic) bond motifs is 1. The molecule has 1 unspecified atom stereocenters. The van der Waals surface area contributed by atoms with E-state index in [2.05, 4.69) is 24.2 Å². The van der Waals surface area contributed by atoms with Gasteiger partial charge >= 0.3 is 0 Å². The third-order valence-electron chi connectivity index (χ3n) is 3.53. The predicted octanol–water partition coefficient (Wildman–Crippen LogP) is 3.47. The first-order chi connectivity index (χ1) is 8.93. The Bertz CT molecular complexity index is 598. The summed E-state index contributed by atoms with van der Waals surface area (Å²) in [5.74, 6) is 0. The molecule has 0 saturated carbocycles. The summed E-state index contributed by atoms with van der Waals surface area (Å²) in [6, 6.07) is 0.155. The summed E-state index contributed by atoms with van der Waals surface area (Å²) in [6.07, 6.45) is 2.94. The number of hydrogen-bond acceptors (Lipinski definition) is 5. The molecule has 0 aromatic carbocycles. The lowest BCUT2D eigenvalue weighted by molar-refractivity contribution is 0.282. The summed E-state index contributed by atoms with van der Waals surface area (Å²) in [5.41, 5.74) is 8.91. The molecule has 2 aromatic rings. The van der Waals surface area contributed by atoms with Crippen LogP contribution >= 0.6 is 22.7 Å². The van der Waals surface area contributed by atoms with Crippen molar-refractivity contribution in [1.82, 2.24) is 9.97 Å². The maximum absolute atomic E-state index is 6.29. The molecule has 3 rings (SSSR count). The lowest BCUT2D eigenvalue weighted by Gasteiger charge is -2.32. The Kier molecular flexibility index (Phi) is 3.23. The lowest BCUT2D eigenvalue weighted by atomic mass is 9.77. The fourth-order valence-corrected chi connectivity index (χ4v) is 4.48. The van der Waals surface area contributed by atoms with Gasteiger partial charge < -0.3 is 5.73 Å². The molecule has 2 aromatic heterocycles. The zero-order chi connectivity index (χ0) is 13.6. The zero-order valence-corrected chi connectivity index (χ0v) is 13.2. The van der Waals surface area contributed by atoms with Crippen LogP contribution in [-0.2, 0) is 12.8 Å². The number of aryl methyl sites for hydroxylation is 1. The van der Waals surface area contributed by atoms with Gasteiger partial charge in [0.25, 0.3) is 0 Å². The van der Waals surface area contributed by atoms with E-state index in [0.29, 0.717) is 0 Å². The molecule has 1 aliphatic carbocycles. The molecule has 0 saturated heterocycles. The number of thiazole rings is 2. The van der Waals surface area contributed by atoms with Crippen molar-refractivity contribution in [2.45, 2.75) is 46.1 Å². The van der Waals surface area contributed by atoms with Gasteiger partial charge in [0.15, 0.2) is 0 Å². The van der Waals surface area contributed by atoms with Crippen molar-refractivity contribution < 1.29 is 0 Å². The van der Waals surface area contributed by atoms with E-state index < -0.39 is 0 Å². The summed E-state index contributed by atoms with van der Waals surface area (Å²) in [5, 5.41) is 4.40. The van der Waals surface area contributed by atoms with Crippen LogP contribution in [0.25, 0.3) is 0 Å². The van der Waals surface area contributed by atoms with Crippen molar-refractivity contribution in [1.29, 1.82) is 0 Å². The summed E-state index contributed by atoms with van der Waals surface area (Å²) >= 11 is 3.48. The second-order valence-corrected chi connectivity index (χ2v) is 8.28. The third kappa shape index (κ3) is 2.73. The molecule has 0 aliphatic heterocycles. The Morgan fingerprint density at radius 3 is 2.89 bits per heavy atom. The minimum Gasteiger partial charge on any atom is -0.323 e. The van der Waals surface area contributed by atoms with E-state index in [1.807, 2.05) is 6.92 Å². The third-order valence-corrected chi connectivity index (χ3v) is 5.58. The van der Waals surface area contributed by atoms with E-state index in [-0.39, 0.29) is 11.5 Å². The average molecular weight is 293 g/mol. The maximum Gasteiger partial charge on any atom is 0.0991 e. The van der Waals surface area contributed by atoms with Gasteiger partial charge in [0.2, 0.25) is 0 Å². The molecule has 1 atom stereocenters. The van der Waals surface area contributed by atoms with Gasteiger partial charge in [-0.15, -0.1) is 22.7 Å². The number of aromatic nitrogens is 2. The van der Waals surface area contributed by atoms with E-state index in [1.54, 1.807) is 22.7 Å². The van der Waals surface area contributed by atoms with Gasteiger partial charge in [-0.3, -0.25) is 0 Å². The van der Waals surface area contributed by atoms with Gasteiger partial charge in [-0.2, -0.15) is 0 Å². The molecule has 3 nitrogen and oxygen atoms in total. The molecule has 0 spiro atoms. The van der Waals surface area contributed by atoms with E-state index >= 15 is 0 Å². The van der Waals surface area contributed by atoms with Crippen molar-refractivity contribution >= 4 is 22.7 Å². The van der Waals surface area contributed by atoms with Crippen LogP contribution in [0.15, 0.2) is 5.38 Å². The van der Waals surface area contributed by atoms with Gasteiger partial charge in [-0.05, 0) is 25.2 Å². The Balaban J connectivity index is 1.86. The fourth-order valence-electron chi connectivity index (χ4n) is 2.76. The molecule has 1 aliphatic rings. The van der Waals surface area contributed by atoms with Crippen LogP contribution in [-0.4, -0.2) is 9.97 Å². The van der Waals surface area contributed by atoms with Crippen molar-refractivity contribution in [3.63, 3.8) is 0 Å². The first-order valence-corrected chi connectivity index (χ1v) is 8.28. The summed E-state index contributed by atoms with van der Waals surface area (Å²) in [4.78, 5) is 10.6. The summed E-state index contributed by atoms with van der Waals surface area (Å²) in [7, 11) is 0. The van der Waals surface area contributed by atoms with Crippen molar-refractivity contribution in [2.75, 3.05) is 0 Å². The average Bonchev–Trinajstić information content (AvgIpc) is 2.84. The Morgan fingerprint density at radius 1 is 1.42 bits per heavy atom. The van der Waals surface area contributed by atoms with Gasteiger partial charge in [0.1, 0.15) is 0 Å². The predicted molar refractivity (Wildman–Crippen MR) is 80.8 cm³/mol. The molecular weight excluding hydrogens is 274 g/mol. The highest BCUT2D eigenvalue weighted by Gasteiger charge is 2.33. The van der Waals surface area contributed by atoms with E-state index in [1.165, 1.54) is 10.6 Å². The molecule has 2 N–H and O–H groups in total. The summed E-state index contributed by atoms with van der Waals surface area (Å²) in [6.45, 7) is 6.59. The SMILES string of the molecule is Cc1nc(Cc2nc3c(s2)C(N)CC(C)(C)C3)cs1. The molecule has 5 heteroatoms. The van der Waals surface area contributed by atoms with Crippen molar-refractivity contribution in [3.05, 3.63) is 31.7 Å². The van der Waals surface area contributed by atoms with Crippen LogP contribution in [0, 0.1) is 12.3 Å². The van der Waals surface area contributed by atoms with Crippen molar-refractivity contribution in [2.24, 2.45) is 11.1 Å². The van der Waals surface area contributed by atoms with Gasteiger partial charge in [-0.1, -0.05) is 13.8 Å². The second kappa shape index (κ2) is 4.65. The number of rotatable bonds is 2. The molecular formula is C14H19N3S2. The largest absolute Gasteiger partial charge is 0.323 e. The highest BCUT2D eigenvalue weighted by atomic mass is 32.1. The smallest absolute Gasteiger partial charge is 0.0991 e. The van der Waals surface area contributed by atoms with Crippen LogP contribution < -0.4 is 5.73 Å². The fraction of sp³-hybridized carbons (Fsp3) is 0.571. The standard InChI is InChI=1S/C14H19N3S2/c1-8-16-9(7-18-8)4-12-17-11-6-14(2,3)5-10(15)13(11)19-12/h7,10H,4-6,15H2,1-3H3. The minimum atomic E-state index is 0.155. The van der Waals surface area contributed by atoms with Crippen LogP contribution in [0.3, 0.4) is 0 Å². The molecule has 102 valence electrons. The van der Waals surface area contributed by atoms with Crippen LogP contribution in [0.2, 0.25) is 0 Å². The first kappa shape index (κ1) is 13.2. The minimum absolute atomic E-state index is 0.155. The van der Waals surface area contributed by atoms with Gasteiger partial charge in [-0.25, -0.2) is 9.97 Å². The van der Waals surface area contributed by atoms with Crippen LogP contribution in [0.1, 0.15) is 52.6 Å². The highest BCUT2D eigenvalue weighted by Crippen LogP contribution is 2.42. The lowest BCUT2D eigenvalue weighted by Crippen LogP contribution is -2.28. The molecule has 0 amide bonds. The molecule has 19 heavy (non-hydrogen) atoms. The quantitative estimate of drug-likeness (QED) is 0.922. The monoisotopic (exact) mass is 293 g/mol. The molecule has 2 heterocycles. The number of nitrogens with zero attached hydrogens (tertiary/aromatic N) is 2. The van der Waals surface area contributed by atoms with Gasteiger partial charge in [0.05, 0.1) is 21.4 Å². The number of hydrogen-bond donors (Lipinski definition) is 1. The summed E-state index contributed by atoms with van der Waals surface area (Å²) < 4.78 is 0. The Labute approximate surface area is 121 Å². The molecule has 0 fully saturated rings. The van der Waals surface area contributed by atoms with Crippen LogP contribution in [0.5, 0.6) is 0 Å². The van der Waals surface area contributed by atoms with Gasteiger partial charge in [0, 0.05) is 22.7 Å². The van der Waals surface area contributed by atoms with E-state index in [9.17, 15) is 0 Å². The van der Waals surface area contributed by atoms with E-state index in [4.69, 9.17) is 10.7 Å². The van der Waals surface area contributed by atoms with Crippen molar-refractivity contribution in [3.8, 4) is 0 Å². The first-order valence-electron chi connectivity index (χ1n) is 6.58. The topological polar surface area (TPSA) is 51.8 Å².